The largest absolute Gasteiger partial charge is 0.481 e. The fraction of sp³-hybridized carbons (Fsp3) is 0.231. The van der Waals surface area contributed by atoms with E-state index in [0.717, 1.165) is 5.56 Å². The van der Waals surface area contributed by atoms with Crippen molar-refractivity contribution in [3.63, 3.8) is 0 Å². The summed E-state index contributed by atoms with van der Waals surface area (Å²) < 4.78 is 35.5. The summed E-state index contributed by atoms with van der Waals surface area (Å²) in [5.74, 6) is -0.833. The van der Waals surface area contributed by atoms with Gasteiger partial charge in [-0.25, -0.2) is 18.4 Å². The van der Waals surface area contributed by atoms with Crippen LogP contribution in [0.4, 0.5) is 5.69 Å². The Balaban J connectivity index is 1.71. The fourth-order valence-corrected chi connectivity index (χ4v) is 5.32. The highest BCUT2D eigenvalue weighted by atomic mass is 32.2. The van der Waals surface area contributed by atoms with Gasteiger partial charge in [0.1, 0.15) is 5.69 Å². The van der Waals surface area contributed by atoms with Crippen LogP contribution in [0.5, 0.6) is 5.88 Å². The first-order chi connectivity index (χ1) is 17.6. The summed E-state index contributed by atoms with van der Waals surface area (Å²) in [5.41, 5.74) is 3.08. The highest BCUT2D eigenvalue weighted by Crippen LogP contribution is 2.31. The van der Waals surface area contributed by atoms with Gasteiger partial charge in [0, 0.05) is 24.7 Å². The Morgan fingerprint density at radius 2 is 1.86 bits per heavy atom. The van der Waals surface area contributed by atoms with Gasteiger partial charge in [0.15, 0.2) is 0 Å². The number of carboxylic acid groups (broad SMARTS) is 1. The highest BCUT2D eigenvalue weighted by Gasteiger charge is 2.20. The molecule has 37 heavy (non-hydrogen) atoms. The molecule has 2 aromatic heterocycles. The number of aryl methyl sites for hydroxylation is 3. The van der Waals surface area contributed by atoms with Crippen molar-refractivity contribution in [2.75, 3.05) is 11.8 Å². The minimum atomic E-state index is -3.93. The molecule has 192 valence electrons. The van der Waals surface area contributed by atoms with E-state index in [-0.39, 0.29) is 35.0 Å². The van der Waals surface area contributed by atoms with Crippen LogP contribution in [0.15, 0.2) is 64.7 Å². The Bertz CT molecular complexity index is 1660. The molecule has 10 nitrogen and oxygen atoms in total. The topological polar surface area (TPSA) is 140 Å². The molecule has 4 rings (SSSR count). The van der Waals surface area contributed by atoms with Gasteiger partial charge in [0.25, 0.3) is 15.6 Å². The van der Waals surface area contributed by atoms with Gasteiger partial charge in [0.05, 0.1) is 29.2 Å². The summed E-state index contributed by atoms with van der Waals surface area (Å²) in [7, 11) is -2.54. The molecule has 0 spiro atoms. The van der Waals surface area contributed by atoms with E-state index in [4.69, 9.17) is 9.84 Å². The van der Waals surface area contributed by atoms with E-state index in [1.165, 1.54) is 24.2 Å². The number of aliphatic carboxylic acids is 1. The van der Waals surface area contributed by atoms with Crippen molar-refractivity contribution in [1.82, 2.24) is 14.5 Å². The van der Waals surface area contributed by atoms with Crippen molar-refractivity contribution in [2.24, 2.45) is 0 Å². The van der Waals surface area contributed by atoms with Crippen LogP contribution < -0.4 is 15.0 Å². The molecule has 0 saturated heterocycles. The van der Waals surface area contributed by atoms with E-state index >= 15 is 0 Å². The van der Waals surface area contributed by atoms with Crippen LogP contribution >= 0.6 is 0 Å². The lowest BCUT2D eigenvalue weighted by Crippen LogP contribution is -2.21. The Morgan fingerprint density at radius 3 is 2.57 bits per heavy atom. The van der Waals surface area contributed by atoms with Gasteiger partial charge in [-0.3, -0.25) is 18.9 Å². The average molecular weight is 523 g/mol. The maximum Gasteiger partial charge on any atom is 0.303 e. The third-order valence-corrected chi connectivity index (χ3v) is 7.38. The number of nitrogens with zero attached hydrogens (tertiary/aromatic N) is 3. The van der Waals surface area contributed by atoms with E-state index in [2.05, 4.69) is 14.7 Å². The summed E-state index contributed by atoms with van der Waals surface area (Å²) >= 11 is 0. The molecule has 0 saturated carbocycles. The molecule has 0 unspecified atom stereocenters. The number of carbonyl (C=O) groups is 1. The zero-order valence-electron chi connectivity index (χ0n) is 20.6. The van der Waals surface area contributed by atoms with Gasteiger partial charge in [-0.15, -0.1) is 0 Å². The second-order valence-corrected chi connectivity index (χ2v) is 10.3. The van der Waals surface area contributed by atoms with Gasteiger partial charge in [-0.05, 0) is 55.7 Å². The number of pyridine rings is 1. The van der Waals surface area contributed by atoms with Crippen LogP contribution in [0.25, 0.3) is 22.0 Å². The van der Waals surface area contributed by atoms with Crippen molar-refractivity contribution in [3.05, 3.63) is 76.5 Å². The first-order valence-electron chi connectivity index (χ1n) is 11.4. The lowest BCUT2D eigenvalue weighted by atomic mass is 10.1. The van der Waals surface area contributed by atoms with Crippen LogP contribution in [0.2, 0.25) is 0 Å². The molecule has 11 heteroatoms. The van der Waals surface area contributed by atoms with Crippen LogP contribution in [0.1, 0.15) is 24.0 Å². The standard InChI is InChI=1S/C26H26N4O6S/c1-16-6-9-23(17(2)11-16)37(34,35)29-22-13-19(14-27-25(22)36-3)18-7-8-21-20(12-18)26(33)30(15-28-21)10-4-5-24(31)32/h6-9,11-15,29H,4-5,10H2,1-3H3,(H,31,32). The second-order valence-electron chi connectivity index (χ2n) is 8.63. The van der Waals surface area contributed by atoms with Crippen molar-refractivity contribution in [3.8, 4) is 17.0 Å². The summed E-state index contributed by atoms with van der Waals surface area (Å²) in [6, 6.07) is 11.8. The zero-order chi connectivity index (χ0) is 26.7. The summed E-state index contributed by atoms with van der Waals surface area (Å²) in [6.45, 7) is 3.84. The minimum Gasteiger partial charge on any atom is -0.481 e. The van der Waals surface area contributed by atoms with Crippen molar-refractivity contribution in [2.45, 2.75) is 38.1 Å². The van der Waals surface area contributed by atoms with Crippen LogP contribution in [0, 0.1) is 13.8 Å². The molecule has 0 bridgehead atoms. The number of benzene rings is 2. The average Bonchev–Trinajstić information content (AvgIpc) is 2.84. The predicted octanol–water partition coefficient (Wildman–Crippen LogP) is 3.75. The number of aromatic nitrogens is 3. The summed E-state index contributed by atoms with van der Waals surface area (Å²) in [4.78, 5) is 32.5. The molecule has 2 aromatic carbocycles. The molecular weight excluding hydrogens is 496 g/mol. The van der Waals surface area contributed by atoms with Gasteiger partial charge in [0.2, 0.25) is 5.88 Å². The number of methoxy groups -OCH3 is 1. The monoisotopic (exact) mass is 522 g/mol. The Hall–Kier alpha value is -4.25. The number of hydrogen-bond donors (Lipinski definition) is 2. The van der Waals surface area contributed by atoms with Crippen LogP contribution in [-0.4, -0.2) is 41.1 Å². The smallest absolute Gasteiger partial charge is 0.303 e. The number of rotatable bonds is 9. The maximum absolute atomic E-state index is 13.2. The molecule has 0 aliphatic carbocycles. The summed E-state index contributed by atoms with van der Waals surface area (Å²) in [6.07, 6.45) is 3.18. The lowest BCUT2D eigenvalue weighted by molar-refractivity contribution is -0.137. The Labute approximate surface area is 213 Å². The van der Waals surface area contributed by atoms with E-state index in [1.54, 1.807) is 49.4 Å². The number of nitrogens with one attached hydrogen (secondary N) is 1. The molecular formula is C26H26N4O6S. The fourth-order valence-electron chi connectivity index (χ4n) is 4.04. The minimum absolute atomic E-state index is 0.0527. The highest BCUT2D eigenvalue weighted by molar-refractivity contribution is 7.92. The lowest BCUT2D eigenvalue weighted by Gasteiger charge is -2.14. The van der Waals surface area contributed by atoms with E-state index in [0.29, 0.717) is 34.0 Å². The third-order valence-electron chi connectivity index (χ3n) is 5.86. The number of ether oxygens (including phenoxy) is 1. The SMILES string of the molecule is COc1ncc(-c2ccc3ncn(CCCC(=O)O)c(=O)c3c2)cc1NS(=O)(=O)c1ccc(C)cc1C. The summed E-state index contributed by atoms with van der Waals surface area (Å²) in [5, 5.41) is 9.20. The maximum atomic E-state index is 13.2. The molecule has 4 aromatic rings. The number of hydrogen-bond acceptors (Lipinski definition) is 7. The van der Waals surface area contributed by atoms with Crippen molar-refractivity contribution in [1.29, 1.82) is 0 Å². The number of sulfonamides is 1. The molecule has 0 atom stereocenters. The van der Waals surface area contributed by atoms with Crippen LogP contribution in [-0.2, 0) is 21.4 Å². The number of carboxylic acids is 1. The number of anilines is 1. The normalized spacial score (nSPS) is 11.4. The van der Waals surface area contributed by atoms with Crippen LogP contribution in [0.3, 0.4) is 0 Å². The van der Waals surface area contributed by atoms with E-state index in [1.807, 2.05) is 6.92 Å². The van der Waals surface area contributed by atoms with E-state index in [9.17, 15) is 18.0 Å². The Kier molecular flexibility index (Phi) is 7.25. The molecule has 0 fully saturated rings. The first-order valence-corrected chi connectivity index (χ1v) is 12.9. The molecule has 0 aliphatic heterocycles. The van der Waals surface area contributed by atoms with Gasteiger partial charge >= 0.3 is 5.97 Å². The van der Waals surface area contributed by atoms with Gasteiger partial charge in [-0.2, -0.15) is 0 Å². The quantitative estimate of drug-likeness (QED) is 0.339. The molecule has 2 heterocycles. The number of fused-ring (bicyclic) bond motifs is 1. The second kappa shape index (κ2) is 10.4. The van der Waals surface area contributed by atoms with Gasteiger partial charge in [-0.1, -0.05) is 23.8 Å². The van der Waals surface area contributed by atoms with E-state index < -0.39 is 16.0 Å². The van der Waals surface area contributed by atoms with Crippen molar-refractivity contribution < 1.29 is 23.1 Å². The third kappa shape index (κ3) is 5.61. The molecule has 0 aliphatic rings. The molecule has 0 amide bonds. The van der Waals surface area contributed by atoms with Gasteiger partial charge < -0.3 is 9.84 Å². The molecule has 0 radical (unpaired) electrons. The predicted molar refractivity (Wildman–Crippen MR) is 139 cm³/mol. The first kappa shape index (κ1) is 25.8. The zero-order valence-corrected chi connectivity index (χ0v) is 21.4. The Morgan fingerprint density at radius 1 is 1.08 bits per heavy atom. The molecule has 2 N–H and O–H groups in total. The van der Waals surface area contributed by atoms with Crippen molar-refractivity contribution >= 4 is 32.6 Å².